The molecule has 3 rings (SSSR count). The van der Waals surface area contributed by atoms with Gasteiger partial charge in [-0.2, -0.15) is 0 Å². The second-order valence-electron chi connectivity index (χ2n) is 5.94. The lowest BCUT2D eigenvalue weighted by Gasteiger charge is -2.11. The predicted octanol–water partition coefficient (Wildman–Crippen LogP) is 0.00160. The monoisotopic (exact) mass is 347 g/mol. The molecular weight excluding hydrogens is 326 g/mol. The maximum absolute atomic E-state index is 12.3. The summed E-state index contributed by atoms with van der Waals surface area (Å²) in [5, 5.41) is 5.90. The smallest absolute Gasteiger partial charge is 0.273 e. The van der Waals surface area contributed by atoms with Crippen molar-refractivity contribution in [3.8, 4) is 0 Å². The molecule has 1 fully saturated rings. The highest BCUT2D eigenvalue weighted by atomic mass is 16.5. The fraction of sp³-hybridized carbons (Fsp3) is 0.471. The Morgan fingerprint density at radius 1 is 1.32 bits per heavy atom. The average molecular weight is 347 g/mol. The summed E-state index contributed by atoms with van der Waals surface area (Å²) in [7, 11) is 0. The van der Waals surface area contributed by atoms with Gasteiger partial charge in [-0.05, 0) is 25.0 Å². The number of hydrogen-bond donors (Lipinski definition) is 2. The standard InChI is InChI=1S/C17H21N3O5/c21-15(11-24-10-12-4-3-9-25-12)18-7-8-20-17(23)14-6-2-1-5-13(14)16(22)19-20/h1-2,5-6,12H,3-4,7-11H2,(H,18,21)(H,19,22)/t12-/m0/s1. The Kier molecular flexibility index (Phi) is 5.62. The van der Waals surface area contributed by atoms with Gasteiger partial charge < -0.3 is 14.8 Å². The van der Waals surface area contributed by atoms with E-state index in [9.17, 15) is 14.4 Å². The molecule has 2 aromatic rings. The second kappa shape index (κ2) is 8.09. The largest absolute Gasteiger partial charge is 0.376 e. The molecule has 8 heteroatoms. The van der Waals surface area contributed by atoms with Crippen molar-refractivity contribution in [2.24, 2.45) is 0 Å². The van der Waals surface area contributed by atoms with E-state index in [1.54, 1.807) is 24.3 Å². The van der Waals surface area contributed by atoms with E-state index in [1.807, 2.05) is 0 Å². The van der Waals surface area contributed by atoms with Crippen LogP contribution in [-0.4, -0.2) is 48.2 Å². The van der Waals surface area contributed by atoms with Crippen molar-refractivity contribution in [3.63, 3.8) is 0 Å². The van der Waals surface area contributed by atoms with E-state index >= 15 is 0 Å². The van der Waals surface area contributed by atoms with E-state index in [1.165, 1.54) is 4.68 Å². The lowest BCUT2D eigenvalue weighted by atomic mass is 10.2. The molecule has 0 radical (unpaired) electrons. The molecule has 0 saturated carbocycles. The number of carbonyl (C=O) groups excluding carboxylic acids is 1. The van der Waals surface area contributed by atoms with Gasteiger partial charge in [-0.25, -0.2) is 4.68 Å². The van der Waals surface area contributed by atoms with Crippen molar-refractivity contribution in [2.45, 2.75) is 25.5 Å². The maximum atomic E-state index is 12.3. The fourth-order valence-corrected chi connectivity index (χ4v) is 2.82. The zero-order chi connectivity index (χ0) is 17.6. The number of aromatic amines is 1. The molecular formula is C17H21N3O5. The Bertz CT molecular complexity index is 851. The van der Waals surface area contributed by atoms with Gasteiger partial charge in [0.05, 0.1) is 30.0 Å². The van der Waals surface area contributed by atoms with Gasteiger partial charge >= 0.3 is 0 Å². The van der Waals surface area contributed by atoms with E-state index in [0.29, 0.717) is 17.4 Å². The van der Waals surface area contributed by atoms with Crippen LogP contribution in [0.2, 0.25) is 0 Å². The van der Waals surface area contributed by atoms with Crippen LogP contribution in [0.1, 0.15) is 12.8 Å². The van der Waals surface area contributed by atoms with E-state index in [0.717, 1.165) is 19.4 Å². The van der Waals surface area contributed by atoms with Crippen LogP contribution in [0.5, 0.6) is 0 Å². The quantitative estimate of drug-likeness (QED) is 0.734. The number of aromatic nitrogens is 2. The van der Waals surface area contributed by atoms with Gasteiger partial charge in [0.25, 0.3) is 11.1 Å². The Hall–Kier alpha value is -2.45. The Morgan fingerprint density at radius 3 is 2.88 bits per heavy atom. The first-order valence-electron chi connectivity index (χ1n) is 8.33. The van der Waals surface area contributed by atoms with Crippen LogP contribution < -0.4 is 16.4 Å². The van der Waals surface area contributed by atoms with Crippen molar-refractivity contribution in [2.75, 3.05) is 26.4 Å². The van der Waals surface area contributed by atoms with Crippen LogP contribution in [-0.2, 0) is 20.8 Å². The molecule has 1 atom stereocenters. The molecule has 0 aliphatic carbocycles. The van der Waals surface area contributed by atoms with Crippen LogP contribution in [0, 0.1) is 0 Å². The molecule has 1 aromatic heterocycles. The number of amides is 1. The van der Waals surface area contributed by atoms with Crippen LogP contribution in [0.15, 0.2) is 33.9 Å². The molecule has 2 heterocycles. The summed E-state index contributed by atoms with van der Waals surface area (Å²) in [5.41, 5.74) is -0.625. The first-order chi connectivity index (χ1) is 12.1. The van der Waals surface area contributed by atoms with Crippen molar-refractivity contribution in [3.05, 3.63) is 45.0 Å². The summed E-state index contributed by atoms with van der Waals surface area (Å²) in [4.78, 5) is 36.0. The summed E-state index contributed by atoms with van der Waals surface area (Å²) in [6, 6.07) is 6.63. The van der Waals surface area contributed by atoms with Crippen molar-refractivity contribution < 1.29 is 14.3 Å². The highest BCUT2D eigenvalue weighted by molar-refractivity contribution is 5.80. The van der Waals surface area contributed by atoms with Gasteiger partial charge in [0, 0.05) is 13.2 Å². The number of carbonyl (C=O) groups is 1. The topological polar surface area (TPSA) is 102 Å². The minimum absolute atomic E-state index is 0.0526. The van der Waals surface area contributed by atoms with Gasteiger partial charge in [-0.1, -0.05) is 12.1 Å². The van der Waals surface area contributed by atoms with Crippen LogP contribution >= 0.6 is 0 Å². The number of benzene rings is 1. The molecule has 8 nitrogen and oxygen atoms in total. The van der Waals surface area contributed by atoms with Crippen molar-refractivity contribution >= 4 is 16.7 Å². The van der Waals surface area contributed by atoms with Gasteiger partial charge in [-0.15, -0.1) is 0 Å². The number of nitrogens with one attached hydrogen (secondary N) is 2. The lowest BCUT2D eigenvalue weighted by molar-refractivity contribution is -0.126. The summed E-state index contributed by atoms with van der Waals surface area (Å²) < 4.78 is 11.9. The first-order valence-corrected chi connectivity index (χ1v) is 8.33. The van der Waals surface area contributed by atoms with E-state index in [4.69, 9.17) is 9.47 Å². The highest BCUT2D eigenvalue weighted by Gasteiger charge is 2.15. The number of ether oxygens (including phenoxy) is 2. The Balaban J connectivity index is 1.49. The number of fused-ring (bicyclic) bond motifs is 1. The third-order valence-electron chi connectivity index (χ3n) is 4.10. The minimum Gasteiger partial charge on any atom is -0.376 e. The van der Waals surface area contributed by atoms with E-state index in [-0.39, 0.29) is 42.8 Å². The predicted molar refractivity (Wildman–Crippen MR) is 91.6 cm³/mol. The molecule has 0 unspecified atom stereocenters. The molecule has 0 spiro atoms. The Labute approximate surface area is 143 Å². The SMILES string of the molecule is O=C(COC[C@@H]1CCCO1)NCCn1[nH]c(=O)c2ccccc2c1=O. The molecule has 1 saturated heterocycles. The maximum Gasteiger partial charge on any atom is 0.273 e. The number of H-pyrrole nitrogens is 1. The van der Waals surface area contributed by atoms with Crippen LogP contribution in [0.3, 0.4) is 0 Å². The fourth-order valence-electron chi connectivity index (χ4n) is 2.82. The summed E-state index contributed by atoms with van der Waals surface area (Å²) in [6.07, 6.45) is 2.06. The van der Waals surface area contributed by atoms with Crippen LogP contribution in [0.4, 0.5) is 0 Å². The van der Waals surface area contributed by atoms with Crippen LogP contribution in [0.25, 0.3) is 10.8 Å². The highest BCUT2D eigenvalue weighted by Crippen LogP contribution is 2.11. The molecule has 134 valence electrons. The molecule has 2 N–H and O–H groups in total. The van der Waals surface area contributed by atoms with E-state index in [2.05, 4.69) is 10.4 Å². The van der Waals surface area contributed by atoms with Gasteiger partial charge in [0.15, 0.2) is 0 Å². The third-order valence-corrected chi connectivity index (χ3v) is 4.10. The average Bonchev–Trinajstić information content (AvgIpc) is 3.13. The zero-order valence-corrected chi connectivity index (χ0v) is 13.8. The molecule has 1 aliphatic heterocycles. The molecule has 1 amide bonds. The number of hydrogen-bond acceptors (Lipinski definition) is 5. The normalized spacial score (nSPS) is 17.0. The molecule has 1 aromatic carbocycles. The van der Waals surface area contributed by atoms with Gasteiger partial charge in [0.1, 0.15) is 6.61 Å². The minimum atomic E-state index is -0.332. The van der Waals surface area contributed by atoms with Gasteiger partial charge in [0.2, 0.25) is 5.91 Å². The zero-order valence-electron chi connectivity index (χ0n) is 13.8. The molecule has 1 aliphatic rings. The summed E-state index contributed by atoms with van der Waals surface area (Å²) in [6.45, 7) is 1.50. The summed E-state index contributed by atoms with van der Waals surface area (Å²) >= 11 is 0. The van der Waals surface area contributed by atoms with Gasteiger partial charge in [-0.3, -0.25) is 19.5 Å². The number of nitrogens with zero attached hydrogens (tertiary/aromatic N) is 1. The van der Waals surface area contributed by atoms with E-state index < -0.39 is 0 Å². The summed E-state index contributed by atoms with van der Waals surface area (Å²) in [5.74, 6) is -0.269. The first kappa shape index (κ1) is 17.4. The Morgan fingerprint density at radius 2 is 2.12 bits per heavy atom. The number of rotatable bonds is 7. The van der Waals surface area contributed by atoms with Crippen molar-refractivity contribution in [1.82, 2.24) is 15.1 Å². The second-order valence-corrected chi connectivity index (χ2v) is 5.94. The third kappa shape index (κ3) is 4.34. The molecule has 0 bridgehead atoms. The molecule has 25 heavy (non-hydrogen) atoms. The van der Waals surface area contributed by atoms with Crippen molar-refractivity contribution in [1.29, 1.82) is 0 Å². The lowest BCUT2D eigenvalue weighted by Crippen LogP contribution is -2.36.